The number of piperazine rings is 1. The maximum atomic E-state index is 14.3. The molecule has 11 heteroatoms. The molecule has 1 aliphatic heterocycles. The Labute approximate surface area is 176 Å². The van der Waals surface area contributed by atoms with Crippen LogP contribution in [0.5, 0.6) is 5.75 Å². The van der Waals surface area contributed by atoms with Crippen molar-refractivity contribution in [2.45, 2.75) is 6.61 Å². The molecule has 162 valence electrons. The molecule has 3 aromatic rings. The van der Waals surface area contributed by atoms with Crippen molar-refractivity contribution in [1.29, 1.82) is 0 Å². The summed E-state index contributed by atoms with van der Waals surface area (Å²) in [6.45, 7) is 0.364. The summed E-state index contributed by atoms with van der Waals surface area (Å²) in [6.07, 6.45) is 2.64. The molecular formula is C20H20F3N7O. The lowest BCUT2D eigenvalue weighted by atomic mass is 10.1. The number of likely N-dealkylation sites (N-methyl/N-ethyl adjacent to an activating group) is 1. The number of nitrogens with zero attached hydrogens (tertiary/aromatic N) is 6. The number of ether oxygens (including phenoxy) is 1. The largest absolute Gasteiger partial charge is 0.435 e. The lowest BCUT2D eigenvalue weighted by Crippen LogP contribution is -2.45. The average Bonchev–Trinajstić information content (AvgIpc) is 2.76. The second-order valence-electron chi connectivity index (χ2n) is 7.01. The van der Waals surface area contributed by atoms with Gasteiger partial charge in [0.25, 0.3) is 0 Å². The summed E-state index contributed by atoms with van der Waals surface area (Å²) in [5.41, 5.74) is 1.37. The minimum Gasteiger partial charge on any atom is -0.435 e. The topological polar surface area (TPSA) is 79.3 Å². The van der Waals surface area contributed by atoms with E-state index in [9.17, 15) is 13.2 Å². The van der Waals surface area contributed by atoms with Gasteiger partial charge in [-0.25, -0.2) is 9.37 Å². The summed E-state index contributed by atoms with van der Waals surface area (Å²) in [5.74, 6) is 0.163. The minimum atomic E-state index is -2.89. The quantitative estimate of drug-likeness (QED) is 0.638. The molecule has 0 saturated carbocycles. The van der Waals surface area contributed by atoms with Crippen molar-refractivity contribution in [3.05, 3.63) is 48.5 Å². The van der Waals surface area contributed by atoms with E-state index in [2.05, 4.69) is 35.1 Å². The number of hydrogen-bond donors (Lipinski definition) is 1. The molecule has 2 aromatic heterocycles. The van der Waals surface area contributed by atoms with Gasteiger partial charge in [-0.1, -0.05) is 12.1 Å². The van der Waals surface area contributed by atoms with Gasteiger partial charge in [-0.05, 0) is 30.8 Å². The predicted molar refractivity (Wildman–Crippen MR) is 109 cm³/mol. The second-order valence-corrected chi connectivity index (χ2v) is 7.01. The zero-order valence-corrected chi connectivity index (χ0v) is 16.7. The van der Waals surface area contributed by atoms with Gasteiger partial charge in [0.15, 0.2) is 17.5 Å². The summed E-state index contributed by atoms with van der Waals surface area (Å²) < 4.78 is 43.3. The first-order valence-corrected chi connectivity index (χ1v) is 9.59. The minimum absolute atomic E-state index is 0.00365. The van der Waals surface area contributed by atoms with Crippen molar-refractivity contribution in [2.24, 2.45) is 0 Å². The van der Waals surface area contributed by atoms with E-state index >= 15 is 0 Å². The average molecular weight is 431 g/mol. The highest BCUT2D eigenvalue weighted by atomic mass is 19.3. The molecule has 1 N–H and O–H groups in total. The lowest BCUT2D eigenvalue weighted by Gasteiger charge is -2.32. The molecule has 31 heavy (non-hydrogen) atoms. The molecule has 1 fully saturated rings. The smallest absolute Gasteiger partial charge is 0.387 e. The van der Waals surface area contributed by atoms with Crippen LogP contribution in [0, 0.1) is 5.82 Å². The van der Waals surface area contributed by atoms with E-state index in [1.807, 2.05) is 11.9 Å². The van der Waals surface area contributed by atoms with Gasteiger partial charge in [0.1, 0.15) is 5.75 Å². The number of aromatic nitrogens is 4. The Kier molecular flexibility index (Phi) is 6.12. The van der Waals surface area contributed by atoms with E-state index in [4.69, 9.17) is 0 Å². The zero-order valence-electron chi connectivity index (χ0n) is 16.7. The lowest BCUT2D eigenvalue weighted by molar-refractivity contribution is -0.0498. The van der Waals surface area contributed by atoms with Gasteiger partial charge in [0.2, 0.25) is 5.95 Å². The third-order valence-corrected chi connectivity index (χ3v) is 4.83. The fourth-order valence-electron chi connectivity index (χ4n) is 3.14. The van der Waals surface area contributed by atoms with Crippen LogP contribution in [0.25, 0.3) is 11.1 Å². The second kappa shape index (κ2) is 9.13. The summed E-state index contributed by atoms with van der Waals surface area (Å²) in [5, 5.41) is 10.8. The van der Waals surface area contributed by atoms with E-state index in [1.165, 1.54) is 18.3 Å². The van der Waals surface area contributed by atoms with Crippen LogP contribution in [0.2, 0.25) is 0 Å². The van der Waals surface area contributed by atoms with Gasteiger partial charge in [0.05, 0.1) is 12.4 Å². The van der Waals surface area contributed by atoms with Crippen LogP contribution >= 0.6 is 0 Å². The van der Waals surface area contributed by atoms with Crippen molar-refractivity contribution in [3.63, 3.8) is 0 Å². The highest BCUT2D eigenvalue weighted by Crippen LogP contribution is 2.26. The van der Waals surface area contributed by atoms with E-state index in [1.54, 1.807) is 18.2 Å². The predicted octanol–water partition coefficient (Wildman–Crippen LogP) is 3.17. The molecule has 4 rings (SSSR count). The third-order valence-electron chi connectivity index (χ3n) is 4.83. The number of benzene rings is 1. The Hall–Kier alpha value is -3.47. The molecular weight excluding hydrogens is 411 g/mol. The van der Waals surface area contributed by atoms with Crippen LogP contribution in [0.4, 0.5) is 30.8 Å². The third kappa shape index (κ3) is 5.18. The number of nitrogens with one attached hydrogen (secondary N) is 1. The standard InChI is InChI=1S/C20H20F3N7O/c1-29-6-8-30(9-7-29)20-24-12-16(21)18(27-20)26-17-10-14(11-25-28-17)13-2-4-15(5-3-13)31-19(22)23/h2-5,10-12,19H,6-9H2,1H3,(H,24,26,27,28). The number of alkyl halides is 2. The van der Waals surface area contributed by atoms with Gasteiger partial charge in [-0.3, -0.25) is 0 Å². The summed E-state index contributed by atoms with van der Waals surface area (Å²) >= 11 is 0. The molecule has 0 unspecified atom stereocenters. The first-order chi connectivity index (χ1) is 15.0. The Morgan fingerprint density at radius 1 is 1.03 bits per heavy atom. The van der Waals surface area contributed by atoms with Crippen LogP contribution in [0.3, 0.4) is 0 Å². The van der Waals surface area contributed by atoms with Crippen LogP contribution in [-0.4, -0.2) is 64.9 Å². The summed E-state index contributed by atoms with van der Waals surface area (Å²) in [6, 6.07) is 7.76. The van der Waals surface area contributed by atoms with Crippen LogP contribution in [0.1, 0.15) is 0 Å². The molecule has 0 spiro atoms. The number of rotatable bonds is 6. The van der Waals surface area contributed by atoms with Gasteiger partial charge in [0, 0.05) is 31.7 Å². The van der Waals surface area contributed by atoms with Crippen LogP contribution in [-0.2, 0) is 0 Å². The van der Waals surface area contributed by atoms with Crippen molar-refractivity contribution >= 4 is 17.6 Å². The van der Waals surface area contributed by atoms with E-state index < -0.39 is 12.4 Å². The maximum absolute atomic E-state index is 14.3. The molecule has 1 aromatic carbocycles. The number of anilines is 3. The Balaban J connectivity index is 1.52. The van der Waals surface area contributed by atoms with Crippen LogP contribution < -0.4 is 15.0 Å². The van der Waals surface area contributed by atoms with Crippen LogP contribution in [0.15, 0.2) is 42.7 Å². The maximum Gasteiger partial charge on any atom is 0.387 e. The summed E-state index contributed by atoms with van der Waals surface area (Å²) in [7, 11) is 2.04. The molecule has 3 heterocycles. The molecule has 0 aliphatic carbocycles. The van der Waals surface area contributed by atoms with Gasteiger partial charge < -0.3 is 19.9 Å². The van der Waals surface area contributed by atoms with Gasteiger partial charge >= 0.3 is 6.61 Å². The number of hydrogen-bond acceptors (Lipinski definition) is 8. The van der Waals surface area contributed by atoms with Gasteiger partial charge in [-0.15, -0.1) is 5.10 Å². The van der Waals surface area contributed by atoms with Gasteiger partial charge in [-0.2, -0.15) is 18.9 Å². The Morgan fingerprint density at radius 3 is 2.48 bits per heavy atom. The number of halogens is 3. The first-order valence-electron chi connectivity index (χ1n) is 9.59. The highest BCUT2D eigenvalue weighted by Gasteiger charge is 2.18. The SMILES string of the molecule is CN1CCN(c2ncc(F)c(Nc3cc(-c4ccc(OC(F)F)cc4)cnn3)n2)CC1. The first kappa shape index (κ1) is 20.8. The normalized spacial score (nSPS) is 14.7. The molecule has 0 bridgehead atoms. The van der Waals surface area contributed by atoms with E-state index in [0.717, 1.165) is 32.4 Å². The molecule has 0 radical (unpaired) electrons. The fraction of sp³-hybridized carbons (Fsp3) is 0.300. The van der Waals surface area contributed by atoms with Crippen molar-refractivity contribution < 1.29 is 17.9 Å². The zero-order chi connectivity index (χ0) is 21.8. The monoisotopic (exact) mass is 431 g/mol. The molecule has 1 saturated heterocycles. The molecule has 0 amide bonds. The van der Waals surface area contributed by atoms with E-state index in [-0.39, 0.29) is 17.4 Å². The molecule has 8 nitrogen and oxygen atoms in total. The fourth-order valence-corrected chi connectivity index (χ4v) is 3.14. The van der Waals surface area contributed by atoms with Crippen molar-refractivity contribution in [2.75, 3.05) is 43.4 Å². The highest BCUT2D eigenvalue weighted by molar-refractivity contribution is 5.67. The Morgan fingerprint density at radius 2 is 1.77 bits per heavy atom. The molecule has 0 atom stereocenters. The van der Waals surface area contributed by atoms with Crippen molar-refractivity contribution in [1.82, 2.24) is 25.1 Å². The summed E-state index contributed by atoms with van der Waals surface area (Å²) in [4.78, 5) is 12.6. The Bertz CT molecular complexity index is 1030. The van der Waals surface area contributed by atoms with E-state index in [0.29, 0.717) is 17.1 Å². The molecule has 1 aliphatic rings. The van der Waals surface area contributed by atoms with Crippen molar-refractivity contribution in [3.8, 4) is 16.9 Å².